The minimum atomic E-state index is -2.67. The fourth-order valence-electron chi connectivity index (χ4n) is 3.59. The van der Waals surface area contributed by atoms with Gasteiger partial charge in [0.25, 0.3) is 11.8 Å². The number of carbonyl (C=O) groups is 2. The molecule has 1 aliphatic heterocycles. The average Bonchev–Trinajstić information content (AvgIpc) is 3.08. The fraction of sp³-hybridized carbons (Fsp3) is 0.450. The van der Waals surface area contributed by atoms with Crippen molar-refractivity contribution in [3.63, 3.8) is 0 Å². The second kappa shape index (κ2) is 7.23. The summed E-state index contributed by atoms with van der Waals surface area (Å²) in [4.78, 5) is 28.7. The van der Waals surface area contributed by atoms with Gasteiger partial charge >= 0.3 is 0 Å². The van der Waals surface area contributed by atoms with Crippen LogP contribution in [-0.4, -0.2) is 47.3 Å². The summed E-state index contributed by atoms with van der Waals surface area (Å²) >= 11 is 0. The van der Waals surface area contributed by atoms with Gasteiger partial charge in [0.1, 0.15) is 5.69 Å². The zero-order valence-electron chi connectivity index (χ0n) is 15.8. The van der Waals surface area contributed by atoms with Gasteiger partial charge in [-0.2, -0.15) is 5.26 Å². The van der Waals surface area contributed by atoms with Crippen LogP contribution >= 0.6 is 0 Å². The summed E-state index contributed by atoms with van der Waals surface area (Å²) in [5.41, 5.74) is 0.358. The molecule has 2 N–H and O–H groups in total. The number of halogens is 2. The average molecular weight is 392 g/mol. The minimum Gasteiger partial charge on any atom is -0.350 e. The first-order valence-electron chi connectivity index (χ1n) is 9.30. The first-order valence-corrected chi connectivity index (χ1v) is 9.30. The normalized spacial score (nSPS) is 21.8. The van der Waals surface area contributed by atoms with Crippen LogP contribution in [0.1, 0.15) is 45.6 Å². The molecule has 1 aliphatic carbocycles. The van der Waals surface area contributed by atoms with E-state index in [0.717, 1.165) is 5.39 Å². The molecule has 152 valence electrons. The molecule has 0 radical (unpaired) electrons. The predicted molar refractivity (Wildman–Crippen MR) is 104 cm³/mol. The van der Waals surface area contributed by atoms with E-state index in [0.29, 0.717) is 24.0 Å². The Morgan fingerprint density at radius 3 is 2.68 bits per heavy atom. The molecule has 1 saturated heterocycles. The number of rotatable bonds is 3. The Bertz CT molecular complexity index is 973. The van der Waals surface area contributed by atoms with E-state index in [-0.39, 0.29) is 34.0 Å². The van der Waals surface area contributed by atoms with Crippen molar-refractivity contribution in [1.82, 2.24) is 15.2 Å². The Labute approximate surface area is 164 Å². The highest BCUT2D eigenvalue weighted by molar-refractivity contribution is 5.99. The molecular formula is C20H26F2N4O2. The van der Waals surface area contributed by atoms with Gasteiger partial charge in [0, 0.05) is 33.3 Å². The number of nitrogens with zero attached hydrogens (tertiary/aromatic N) is 2. The molecular weight excluding hydrogens is 366 g/mol. The van der Waals surface area contributed by atoms with Gasteiger partial charge in [-0.05, 0) is 24.6 Å². The zero-order valence-corrected chi connectivity index (χ0v) is 15.8. The maximum atomic E-state index is 13.4. The number of carbonyl (C=O) groups excluding carboxylic acids is 2. The Balaban J connectivity index is 0.00000109. The van der Waals surface area contributed by atoms with E-state index in [1.807, 2.05) is 19.9 Å². The number of likely N-dealkylation sites (tertiary alicyclic amines) is 1. The van der Waals surface area contributed by atoms with Crippen molar-refractivity contribution in [2.24, 2.45) is 5.41 Å². The quantitative estimate of drug-likeness (QED) is 0.837. The van der Waals surface area contributed by atoms with Crippen LogP contribution in [0, 0.1) is 16.7 Å². The molecule has 0 unspecified atom stereocenters. The molecule has 1 spiro atoms. The van der Waals surface area contributed by atoms with Crippen molar-refractivity contribution in [2.75, 3.05) is 19.6 Å². The summed E-state index contributed by atoms with van der Waals surface area (Å²) in [6, 6.07) is 8.67. The maximum absolute atomic E-state index is 13.4. The molecule has 1 aromatic carbocycles. The van der Waals surface area contributed by atoms with Gasteiger partial charge in [0.2, 0.25) is 5.91 Å². The van der Waals surface area contributed by atoms with Crippen LogP contribution < -0.4 is 5.32 Å². The number of nitriles is 1. The standard InChI is InChI=1S/C18H16F2N4O2.C2H6.2H2/c19-18(20)9-17(18)3-4-24(10-17)15(25)8-22-16(26)14-6-12-2-1-11(7-21)5-13(12)23-14;1-2;;/h1-2,5-6,23H,3-4,8-10H2,(H,22,26);1-2H3;2*1H/t17-;;;/m0.../s1. The lowest BCUT2D eigenvalue weighted by atomic mass is 10.1. The van der Waals surface area contributed by atoms with E-state index in [4.69, 9.17) is 5.26 Å². The number of fused-ring (bicyclic) bond motifs is 1. The first-order chi connectivity index (χ1) is 13.3. The topological polar surface area (TPSA) is 89.0 Å². The van der Waals surface area contributed by atoms with Gasteiger partial charge in [-0.1, -0.05) is 19.9 Å². The van der Waals surface area contributed by atoms with Gasteiger partial charge < -0.3 is 15.2 Å². The van der Waals surface area contributed by atoms with E-state index >= 15 is 0 Å². The second-order valence-corrected chi connectivity index (χ2v) is 7.01. The van der Waals surface area contributed by atoms with Gasteiger partial charge in [-0.15, -0.1) is 0 Å². The minimum absolute atomic E-state index is 0. The van der Waals surface area contributed by atoms with Gasteiger partial charge in [-0.3, -0.25) is 9.59 Å². The Morgan fingerprint density at radius 1 is 1.36 bits per heavy atom. The van der Waals surface area contributed by atoms with Crippen molar-refractivity contribution in [2.45, 2.75) is 32.6 Å². The SMILES string of the molecule is CC.N#Cc1ccc2cc(C(=O)NCC(=O)N3CC[C@@]4(C3)CC4(F)F)[nH]c2c1.[HH].[HH]. The predicted octanol–water partition coefficient (Wildman–Crippen LogP) is 3.55. The molecule has 6 nitrogen and oxygen atoms in total. The molecule has 2 aliphatic rings. The van der Waals surface area contributed by atoms with E-state index in [9.17, 15) is 18.4 Å². The molecule has 2 heterocycles. The molecule has 1 saturated carbocycles. The van der Waals surface area contributed by atoms with Gasteiger partial charge in [0.15, 0.2) is 0 Å². The Kier molecular flexibility index (Phi) is 5.11. The summed E-state index contributed by atoms with van der Waals surface area (Å²) < 4.78 is 26.8. The van der Waals surface area contributed by atoms with Crippen molar-refractivity contribution in [3.8, 4) is 6.07 Å². The van der Waals surface area contributed by atoms with E-state index in [1.54, 1.807) is 24.3 Å². The number of H-pyrrole nitrogens is 1. The third-order valence-electron chi connectivity index (χ3n) is 5.31. The molecule has 2 aromatic rings. The third kappa shape index (κ3) is 3.44. The lowest BCUT2D eigenvalue weighted by molar-refractivity contribution is -0.129. The van der Waals surface area contributed by atoms with Crippen LogP contribution in [0.25, 0.3) is 10.9 Å². The van der Waals surface area contributed by atoms with Gasteiger partial charge in [0.05, 0.1) is 23.6 Å². The van der Waals surface area contributed by atoms with Crippen molar-refractivity contribution in [1.29, 1.82) is 5.26 Å². The summed E-state index contributed by atoms with van der Waals surface area (Å²) in [5, 5.41) is 12.2. The number of aromatic nitrogens is 1. The van der Waals surface area contributed by atoms with Crippen LogP contribution in [0.15, 0.2) is 24.3 Å². The van der Waals surface area contributed by atoms with Crippen molar-refractivity contribution < 1.29 is 21.2 Å². The molecule has 8 heteroatoms. The lowest BCUT2D eigenvalue weighted by Crippen LogP contribution is -2.39. The highest BCUT2D eigenvalue weighted by Gasteiger charge is 2.72. The molecule has 0 bridgehead atoms. The largest absolute Gasteiger partial charge is 0.350 e. The number of hydrogen-bond acceptors (Lipinski definition) is 3. The van der Waals surface area contributed by atoms with E-state index in [2.05, 4.69) is 10.3 Å². The first kappa shape index (κ1) is 19.8. The lowest BCUT2D eigenvalue weighted by Gasteiger charge is -2.16. The van der Waals surface area contributed by atoms with E-state index in [1.165, 1.54) is 4.90 Å². The number of benzene rings is 1. The molecule has 28 heavy (non-hydrogen) atoms. The molecule has 1 aromatic heterocycles. The Morgan fingerprint density at radius 2 is 2.07 bits per heavy atom. The summed E-state index contributed by atoms with van der Waals surface area (Å²) in [5.74, 6) is -3.49. The maximum Gasteiger partial charge on any atom is 0.268 e. The zero-order chi connectivity index (χ0) is 20.5. The summed E-state index contributed by atoms with van der Waals surface area (Å²) in [7, 11) is 0. The highest BCUT2D eigenvalue weighted by Crippen LogP contribution is 2.64. The molecule has 2 amide bonds. The van der Waals surface area contributed by atoms with Crippen LogP contribution in [0.4, 0.5) is 8.78 Å². The van der Waals surface area contributed by atoms with Crippen LogP contribution in [0.3, 0.4) is 0 Å². The number of amides is 2. The summed E-state index contributed by atoms with van der Waals surface area (Å²) in [6.45, 7) is 4.12. The number of aromatic amines is 1. The number of nitrogens with one attached hydrogen (secondary N) is 2. The Hall–Kier alpha value is -2.95. The monoisotopic (exact) mass is 392 g/mol. The highest BCUT2D eigenvalue weighted by atomic mass is 19.3. The molecule has 1 atom stereocenters. The van der Waals surface area contributed by atoms with E-state index < -0.39 is 17.2 Å². The number of alkyl halides is 2. The molecule has 4 rings (SSSR count). The fourth-order valence-corrected chi connectivity index (χ4v) is 3.59. The number of hydrogen-bond donors (Lipinski definition) is 2. The van der Waals surface area contributed by atoms with Crippen LogP contribution in [0.2, 0.25) is 0 Å². The van der Waals surface area contributed by atoms with Crippen LogP contribution in [0.5, 0.6) is 0 Å². The summed E-state index contributed by atoms with van der Waals surface area (Å²) in [6.07, 6.45) is 0.152. The third-order valence-corrected chi connectivity index (χ3v) is 5.31. The molecule has 2 fully saturated rings. The van der Waals surface area contributed by atoms with Crippen molar-refractivity contribution >= 4 is 22.7 Å². The second-order valence-electron chi connectivity index (χ2n) is 7.01. The van der Waals surface area contributed by atoms with Crippen LogP contribution in [-0.2, 0) is 4.79 Å². The van der Waals surface area contributed by atoms with Gasteiger partial charge in [-0.25, -0.2) is 8.78 Å². The smallest absolute Gasteiger partial charge is 0.268 e. The van der Waals surface area contributed by atoms with Crippen molar-refractivity contribution in [3.05, 3.63) is 35.5 Å².